The first-order valence-corrected chi connectivity index (χ1v) is 6.18. The van der Waals surface area contributed by atoms with Crippen LogP contribution in [0.5, 0.6) is 0 Å². The van der Waals surface area contributed by atoms with Crippen LogP contribution in [0.2, 0.25) is 0 Å². The number of aryl methyl sites for hydroxylation is 2. The molecule has 0 spiro atoms. The Morgan fingerprint density at radius 1 is 1.50 bits per heavy atom. The summed E-state index contributed by atoms with van der Waals surface area (Å²) in [5.41, 5.74) is 2.12. The molecule has 1 heterocycles. The number of nitrogens with zero attached hydrogens (tertiary/aromatic N) is 2. The normalized spacial score (nSPS) is 12.2. The lowest BCUT2D eigenvalue weighted by Gasteiger charge is -2.15. The molecule has 0 radical (unpaired) electrons. The van der Waals surface area contributed by atoms with Crippen LogP contribution in [0.1, 0.15) is 34.6 Å². The Hall–Kier alpha value is -2.37. The van der Waals surface area contributed by atoms with Gasteiger partial charge in [0, 0.05) is 24.5 Å². The molecule has 2 aromatic rings. The number of aromatic nitrogens is 2. The monoisotopic (exact) mass is 277 g/mol. The summed E-state index contributed by atoms with van der Waals surface area (Å²) in [6.45, 7) is 3.84. The fourth-order valence-corrected chi connectivity index (χ4v) is 2.15. The minimum atomic E-state index is -1.28. The number of benzene rings is 1. The van der Waals surface area contributed by atoms with Gasteiger partial charge in [-0.05, 0) is 32.0 Å². The van der Waals surface area contributed by atoms with Crippen molar-refractivity contribution in [2.24, 2.45) is 7.05 Å². The number of carboxylic acid groups (broad SMARTS) is 1. The summed E-state index contributed by atoms with van der Waals surface area (Å²) in [6, 6.07) is 3.90. The van der Waals surface area contributed by atoms with Crippen LogP contribution >= 0.6 is 0 Å². The number of aromatic carboxylic acids is 1. The van der Waals surface area contributed by atoms with Gasteiger partial charge >= 0.3 is 5.97 Å². The third kappa shape index (κ3) is 2.79. The second kappa shape index (κ2) is 5.32. The molecule has 0 bridgehead atoms. The molecule has 1 atom stereocenters. The lowest BCUT2D eigenvalue weighted by Crippen LogP contribution is -2.09. The lowest BCUT2D eigenvalue weighted by molar-refractivity contribution is 0.0692. The van der Waals surface area contributed by atoms with Crippen LogP contribution in [-0.4, -0.2) is 20.9 Å². The highest BCUT2D eigenvalue weighted by atomic mass is 19.1. The number of anilines is 1. The van der Waals surface area contributed by atoms with Crippen LogP contribution in [0.25, 0.3) is 0 Å². The van der Waals surface area contributed by atoms with Crippen molar-refractivity contribution in [1.82, 2.24) is 9.78 Å². The van der Waals surface area contributed by atoms with Gasteiger partial charge in [0.1, 0.15) is 5.82 Å². The van der Waals surface area contributed by atoms with E-state index in [4.69, 9.17) is 5.11 Å². The number of carbonyl (C=O) groups is 1. The van der Waals surface area contributed by atoms with Crippen LogP contribution in [0.4, 0.5) is 10.1 Å². The zero-order valence-electron chi connectivity index (χ0n) is 11.5. The molecule has 2 N–H and O–H groups in total. The molecule has 1 aromatic carbocycles. The fraction of sp³-hybridized carbons (Fsp3) is 0.286. The Balaban J connectivity index is 2.24. The highest BCUT2D eigenvalue weighted by Gasteiger charge is 2.14. The minimum absolute atomic E-state index is 0.0594. The van der Waals surface area contributed by atoms with Crippen molar-refractivity contribution in [2.45, 2.75) is 19.9 Å². The fourth-order valence-electron chi connectivity index (χ4n) is 2.15. The van der Waals surface area contributed by atoms with Crippen molar-refractivity contribution < 1.29 is 14.3 Å². The molecule has 1 aromatic heterocycles. The van der Waals surface area contributed by atoms with Gasteiger partial charge in [-0.25, -0.2) is 9.18 Å². The van der Waals surface area contributed by atoms with Crippen molar-refractivity contribution in [3.8, 4) is 0 Å². The van der Waals surface area contributed by atoms with Gasteiger partial charge in [0.25, 0.3) is 0 Å². The SMILES string of the molecule is Cc1nn(C)cc1C(C)Nc1ccc(F)c(C(=O)O)c1. The van der Waals surface area contributed by atoms with Crippen LogP contribution in [0.3, 0.4) is 0 Å². The Kier molecular flexibility index (Phi) is 3.74. The van der Waals surface area contributed by atoms with Gasteiger partial charge in [0.2, 0.25) is 0 Å². The zero-order valence-corrected chi connectivity index (χ0v) is 11.5. The van der Waals surface area contributed by atoms with Gasteiger partial charge in [-0.15, -0.1) is 0 Å². The average molecular weight is 277 g/mol. The second-order valence-corrected chi connectivity index (χ2v) is 4.71. The Morgan fingerprint density at radius 2 is 2.20 bits per heavy atom. The summed E-state index contributed by atoms with van der Waals surface area (Å²) in [7, 11) is 1.84. The van der Waals surface area contributed by atoms with Crippen molar-refractivity contribution in [3.63, 3.8) is 0 Å². The Morgan fingerprint density at radius 3 is 2.75 bits per heavy atom. The number of rotatable bonds is 4. The molecular formula is C14H16FN3O2. The number of carboxylic acids is 1. The third-order valence-electron chi connectivity index (χ3n) is 3.10. The third-order valence-corrected chi connectivity index (χ3v) is 3.10. The first-order valence-electron chi connectivity index (χ1n) is 6.18. The topological polar surface area (TPSA) is 67.2 Å². The maximum absolute atomic E-state index is 13.3. The predicted molar refractivity (Wildman–Crippen MR) is 73.3 cm³/mol. The molecule has 6 heteroatoms. The van der Waals surface area contributed by atoms with Crippen LogP contribution in [-0.2, 0) is 7.05 Å². The van der Waals surface area contributed by atoms with Crippen LogP contribution in [0, 0.1) is 12.7 Å². The highest BCUT2D eigenvalue weighted by molar-refractivity contribution is 5.89. The summed E-state index contributed by atoms with van der Waals surface area (Å²) < 4.78 is 15.0. The van der Waals surface area contributed by atoms with E-state index in [-0.39, 0.29) is 11.6 Å². The van der Waals surface area contributed by atoms with Gasteiger partial charge in [-0.1, -0.05) is 0 Å². The number of nitrogens with one attached hydrogen (secondary N) is 1. The van der Waals surface area contributed by atoms with Crippen molar-refractivity contribution in [1.29, 1.82) is 0 Å². The molecule has 0 saturated carbocycles. The van der Waals surface area contributed by atoms with Gasteiger partial charge in [0.15, 0.2) is 0 Å². The van der Waals surface area contributed by atoms with E-state index in [2.05, 4.69) is 10.4 Å². The van der Waals surface area contributed by atoms with E-state index in [0.717, 1.165) is 17.3 Å². The average Bonchev–Trinajstić information content (AvgIpc) is 2.70. The molecule has 0 aliphatic rings. The molecule has 0 saturated heterocycles. The summed E-state index contributed by atoms with van der Waals surface area (Å²) in [4.78, 5) is 10.9. The molecule has 20 heavy (non-hydrogen) atoms. The Labute approximate surface area is 116 Å². The minimum Gasteiger partial charge on any atom is -0.478 e. The standard InChI is InChI=1S/C14H16FN3O2/c1-8(12-7-18(3)17-9(12)2)16-10-4-5-13(15)11(6-10)14(19)20/h4-8,16H,1-3H3,(H,19,20). The maximum atomic E-state index is 13.3. The van der Waals surface area contributed by atoms with Crippen molar-refractivity contribution >= 4 is 11.7 Å². The van der Waals surface area contributed by atoms with E-state index in [1.807, 2.05) is 27.1 Å². The molecule has 5 nitrogen and oxygen atoms in total. The van der Waals surface area contributed by atoms with Gasteiger partial charge in [0.05, 0.1) is 17.3 Å². The van der Waals surface area contributed by atoms with E-state index >= 15 is 0 Å². The quantitative estimate of drug-likeness (QED) is 0.901. The van der Waals surface area contributed by atoms with E-state index < -0.39 is 11.8 Å². The molecule has 0 aliphatic carbocycles. The number of hydrogen-bond donors (Lipinski definition) is 2. The van der Waals surface area contributed by atoms with Crippen LogP contribution < -0.4 is 5.32 Å². The maximum Gasteiger partial charge on any atom is 0.338 e. The molecule has 106 valence electrons. The molecule has 0 aliphatic heterocycles. The van der Waals surface area contributed by atoms with Gasteiger partial charge in [-0.2, -0.15) is 5.10 Å². The van der Waals surface area contributed by atoms with E-state index in [1.165, 1.54) is 12.1 Å². The van der Waals surface area contributed by atoms with Crippen molar-refractivity contribution in [2.75, 3.05) is 5.32 Å². The van der Waals surface area contributed by atoms with Gasteiger partial charge in [-0.3, -0.25) is 4.68 Å². The largest absolute Gasteiger partial charge is 0.478 e. The summed E-state index contributed by atoms with van der Waals surface area (Å²) in [6.07, 6.45) is 1.90. The summed E-state index contributed by atoms with van der Waals surface area (Å²) >= 11 is 0. The highest BCUT2D eigenvalue weighted by Crippen LogP contribution is 2.23. The first-order chi connectivity index (χ1) is 9.38. The zero-order chi connectivity index (χ0) is 14.9. The lowest BCUT2D eigenvalue weighted by atomic mass is 10.1. The van der Waals surface area contributed by atoms with E-state index in [0.29, 0.717) is 5.69 Å². The predicted octanol–water partition coefficient (Wildman–Crippen LogP) is 2.74. The summed E-state index contributed by atoms with van der Waals surface area (Å²) in [5.74, 6) is -2.02. The second-order valence-electron chi connectivity index (χ2n) is 4.71. The number of hydrogen-bond acceptors (Lipinski definition) is 3. The van der Waals surface area contributed by atoms with E-state index in [9.17, 15) is 9.18 Å². The molecule has 1 unspecified atom stereocenters. The smallest absolute Gasteiger partial charge is 0.338 e. The first kappa shape index (κ1) is 14.0. The molecule has 2 rings (SSSR count). The van der Waals surface area contributed by atoms with Crippen LogP contribution in [0.15, 0.2) is 24.4 Å². The molecule has 0 fully saturated rings. The molecular weight excluding hydrogens is 261 g/mol. The van der Waals surface area contributed by atoms with Gasteiger partial charge < -0.3 is 10.4 Å². The molecule has 0 amide bonds. The van der Waals surface area contributed by atoms with E-state index in [1.54, 1.807) is 4.68 Å². The van der Waals surface area contributed by atoms with Crippen molar-refractivity contribution in [3.05, 3.63) is 47.0 Å². The Bertz CT molecular complexity index is 652. The summed E-state index contributed by atoms with van der Waals surface area (Å²) in [5, 5.41) is 16.3. The number of halogens is 1.